The van der Waals surface area contributed by atoms with E-state index >= 15 is 0 Å². The summed E-state index contributed by atoms with van der Waals surface area (Å²) in [5.41, 5.74) is 0.110. The number of hydrogen-bond donors (Lipinski definition) is 1. The van der Waals surface area contributed by atoms with Gasteiger partial charge in [-0.3, -0.25) is 0 Å². The Morgan fingerprint density at radius 2 is 1.93 bits per heavy atom. The summed E-state index contributed by atoms with van der Waals surface area (Å²) < 4.78 is 5.55. The second-order valence-corrected chi connectivity index (χ2v) is 4.83. The van der Waals surface area contributed by atoms with Crippen LogP contribution >= 0.6 is 0 Å². The fourth-order valence-corrected chi connectivity index (χ4v) is 1.12. The molecule has 0 aliphatic rings. The van der Waals surface area contributed by atoms with Crippen molar-refractivity contribution in [1.82, 2.24) is 5.32 Å². The molecule has 1 unspecified atom stereocenters. The highest BCUT2D eigenvalue weighted by Crippen LogP contribution is 2.06. The second-order valence-electron chi connectivity index (χ2n) is 4.83. The fraction of sp³-hybridized carbons (Fsp3) is 1.00. The van der Waals surface area contributed by atoms with Gasteiger partial charge in [-0.05, 0) is 32.7 Å². The van der Waals surface area contributed by atoms with Crippen LogP contribution in [0.3, 0.4) is 0 Å². The molecule has 0 bridgehead atoms. The van der Waals surface area contributed by atoms with E-state index in [-0.39, 0.29) is 5.54 Å². The molecular formula is C12H27NO. The van der Waals surface area contributed by atoms with E-state index in [1.807, 2.05) is 0 Å². The van der Waals surface area contributed by atoms with Crippen molar-refractivity contribution in [3.8, 4) is 0 Å². The van der Waals surface area contributed by atoms with Crippen LogP contribution < -0.4 is 5.32 Å². The number of rotatable bonds is 8. The van der Waals surface area contributed by atoms with E-state index in [0.717, 1.165) is 32.1 Å². The lowest BCUT2D eigenvalue weighted by Gasteiger charge is -2.27. The smallest absolute Gasteiger partial charge is 0.0642 e. The normalized spacial score (nSPS) is 14.4. The third-order valence-electron chi connectivity index (χ3n) is 2.44. The zero-order valence-electron chi connectivity index (χ0n) is 10.5. The highest BCUT2D eigenvalue weighted by molar-refractivity contribution is 4.77. The van der Waals surface area contributed by atoms with Crippen LogP contribution in [0.25, 0.3) is 0 Å². The van der Waals surface area contributed by atoms with E-state index in [2.05, 4.69) is 39.9 Å². The number of hydrogen-bond acceptors (Lipinski definition) is 2. The summed E-state index contributed by atoms with van der Waals surface area (Å²) in [6.45, 7) is 13.8. The van der Waals surface area contributed by atoms with Gasteiger partial charge in [0.15, 0.2) is 0 Å². The van der Waals surface area contributed by atoms with E-state index in [1.54, 1.807) is 0 Å². The molecule has 0 saturated heterocycles. The van der Waals surface area contributed by atoms with Crippen LogP contribution in [0.4, 0.5) is 0 Å². The zero-order valence-corrected chi connectivity index (χ0v) is 10.5. The maximum atomic E-state index is 5.55. The first-order valence-corrected chi connectivity index (χ1v) is 5.84. The van der Waals surface area contributed by atoms with Gasteiger partial charge in [0.2, 0.25) is 0 Å². The molecular weight excluding hydrogens is 174 g/mol. The molecule has 0 rings (SSSR count). The topological polar surface area (TPSA) is 21.3 Å². The minimum atomic E-state index is 0.110. The van der Waals surface area contributed by atoms with Gasteiger partial charge in [0.25, 0.3) is 0 Å². The largest absolute Gasteiger partial charge is 0.380 e. The maximum Gasteiger partial charge on any atom is 0.0642 e. The molecule has 0 aliphatic carbocycles. The molecule has 14 heavy (non-hydrogen) atoms. The van der Waals surface area contributed by atoms with Gasteiger partial charge in [-0.25, -0.2) is 0 Å². The molecule has 2 nitrogen and oxygen atoms in total. The van der Waals surface area contributed by atoms with Crippen LogP contribution in [0, 0.1) is 5.92 Å². The SMILES string of the molecule is CCCOCC(C)(C)NCC(C)CC. The molecule has 0 spiro atoms. The van der Waals surface area contributed by atoms with E-state index < -0.39 is 0 Å². The Kier molecular flexibility index (Phi) is 7.20. The standard InChI is InChI=1S/C12H27NO/c1-6-8-14-10-12(4,5)13-9-11(3)7-2/h11,13H,6-10H2,1-5H3. The molecule has 0 aromatic carbocycles. The first kappa shape index (κ1) is 13.9. The lowest BCUT2D eigenvalue weighted by molar-refractivity contribution is 0.0812. The summed E-state index contributed by atoms with van der Waals surface area (Å²) in [5.74, 6) is 0.750. The van der Waals surface area contributed by atoms with Crippen molar-refractivity contribution in [3.63, 3.8) is 0 Å². The van der Waals surface area contributed by atoms with Crippen LogP contribution in [0.1, 0.15) is 47.5 Å². The molecule has 0 fully saturated rings. The highest BCUT2D eigenvalue weighted by atomic mass is 16.5. The summed E-state index contributed by atoms with van der Waals surface area (Å²) in [6.07, 6.45) is 2.33. The minimum Gasteiger partial charge on any atom is -0.380 e. The van der Waals surface area contributed by atoms with E-state index in [1.165, 1.54) is 6.42 Å². The van der Waals surface area contributed by atoms with Crippen molar-refractivity contribution in [2.75, 3.05) is 19.8 Å². The van der Waals surface area contributed by atoms with E-state index in [4.69, 9.17) is 4.74 Å². The summed E-state index contributed by atoms with van der Waals surface area (Å²) in [4.78, 5) is 0. The Hall–Kier alpha value is -0.0800. The van der Waals surface area contributed by atoms with Crippen LogP contribution in [-0.4, -0.2) is 25.3 Å². The van der Waals surface area contributed by atoms with Crippen molar-refractivity contribution in [2.45, 2.75) is 53.0 Å². The molecule has 1 atom stereocenters. The molecule has 0 radical (unpaired) electrons. The Balaban J connectivity index is 3.60. The van der Waals surface area contributed by atoms with Crippen molar-refractivity contribution < 1.29 is 4.74 Å². The Labute approximate surface area is 89.4 Å². The molecule has 2 heteroatoms. The molecule has 86 valence electrons. The molecule has 0 heterocycles. The van der Waals surface area contributed by atoms with Gasteiger partial charge in [-0.15, -0.1) is 0 Å². The predicted octanol–water partition coefficient (Wildman–Crippen LogP) is 2.83. The van der Waals surface area contributed by atoms with Crippen molar-refractivity contribution in [2.24, 2.45) is 5.92 Å². The molecule has 0 aromatic heterocycles. The summed E-state index contributed by atoms with van der Waals surface area (Å²) in [5, 5.41) is 3.54. The molecule has 0 aromatic rings. The maximum absolute atomic E-state index is 5.55. The summed E-state index contributed by atoms with van der Waals surface area (Å²) in [6, 6.07) is 0. The predicted molar refractivity (Wildman–Crippen MR) is 62.6 cm³/mol. The highest BCUT2D eigenvalue weighted by Gasteiger charge is 2.17. The van der Waals surface area contributed by atoms with E-state index in [0.29, 0.717) is 0 Å². The van der Waals surface area contributed by atoms with E-state index in [9.17, 15) is 0 Å². The Morgan fingerprint density at radius 1 is 1.29 bits per heavy atom. The summed E-state index contributed by atoms with van der Waals surface area (Å²) in [7, 11) is 0. The van der Waals surface area contributed by atoms with Gasteiger partial charge < -0.3 is 10.1 Å². The Morgan fingerprint density at radius 3 is 2.43 bits per heavy atom. The van der Waals surface area contributed by atoms with Gasteiger partial charge in [-0.2, -0.15) is 0 Å². The third kappa shape index (κ3) is 7.34. The number of nitrogens with one attached hydrogen (secondary N) is 1. The quantitative estimate of drug-likeness (QED) is 0.610. The third-order valence-corrected chi connectivity index (χ3v) is 2.44. The molecule has 1 N–H and O–H groups in total. The summed E-state index contributed by atoms with van der Waals surface area (Å²) >= 11 is 0. The van der Waals surface area contributed by atoms with Gasteiger partial charge in [0.1, 0.15) is 0 Å². The molecule has 0 saturated carbocycles. The Bertz CT molecular complexity index is 134. The number of ether oxygens (including phenoxy) is 1. The average molecular weight is 201 g/mol. The van der Waals surface area contributed by atoms with Gasteiger partial charge in [0.05, 0.1) is 6.61 Å². The van der Waals surface area contributed by atoms with Gasteiger partial charge in [0, 0.05) is 12.1 Å². The monoisotopic (exact) mass is 201 g/mol. The van der Waals surface area contributed by atoms with Crippen molar-refractivity contribution in [1.29, 1.82) is 0 Å². The van der Waals surface area contributed by atoms with Crippen molar-refractivity contribution in [3.05, 3.63) is 0 Å². The van der Waals surface area contributed by atoms with Crippen molar-refractivity contribution >= 4 is 0 Å². The van der Waals surface area contributed by atoms with Gasteiger partial charge in [-0.1, -0.05) is 27.2 Å². The van der Waals surface area contributed by atoms with Gasteiger partial charge >= 0.3 is 0 Å². The zero-order chi connectivity index (χ0) is 11.0. The lowest BCUT2D eigenvalue weighted by Crippen LogP contribution is -2.45. The molecule has 0 aliphatic heterocycles. The minimum absolute atomic E-state index is 0.110. The average Bonchev–Trinajstić information content (AvgIpc) is 2.14. The van der Waals surface area contributed by atoms with Crippen LogP contribution in [0.5, 0.6) is 0 Å². The fourth-order valence-electron chi connectivity index (χ4n) is 1.12. The van der Waals surface area contributed by atoms with Crippen LogP contribution in [0.15, 0.2) is 0 Å². The second kappa shape index (κ2) is 7.24. The van der Waals surface area contributed by atoms with Crippen LogP contribution in [-0.2, 0) is 4.74 Å². The van der Waals surface area contributed by atoms with Crippen LogP contribution in [0.2, 0.25) is 0 Å². The first-order chi connectivity index (χ1) is 6.52. The first-order valence-electron chi connectivity index (χ1n) is 5.84. The molecule has 0 amide bonds. The lowest BCUT2D eigenvalue weighted by atomic mass is 10.0.